The largest absolute Gasteiger partial charge is 0.382 e. The predicted molar refractivity (Wildman–Crippen MR) is 129 cm³/mol. The molecule has 7 nitrogen and oxygen atoms in total. The molecule has 0 amide bonds. The van der Waals surface area contributed by atoms with Gasteiger partial charge in [0.05, 0.1) is 34.9 Å². The Hall–Kier alpha value is -3.80. The number of hydrogen-bond donors (Lipinski definition) is 1. The molecule has 0 atom stereocenters. The maximum Gasteiger partial charge on any atom is 0.333 e. The van der Waals surface area contributed by atoms with E-state index in [-0.39, 0.29) is 5.92 Å². The molecule has 9 heteroatoms. The quantitative estimate of drug-likeness (QED) is 0.363. The molecule has 0 unspecified atom stereocenters. The normalized spacial score (nSPS) is 18.3. The lowest BCUT2D eigenvalue weighted by molar-refractivity contribution is 0.0565. The van der Waals surface area contributed by atoms with Gasteiger partial charge in [-0.3, -0.25) is 4.98 Å². The van der Waals surface area contributed by atoms with Crippen molar-refractivity contribution in [2.75, 3.05) is 5.32 Å². The number of nitriles is 1. The van der Waals surface area contributed by atoms with Crippen molar-refractivity contribution in [2.24, 2.45) is 0 Å². The number of rotatable bonds is 6. The van der Waals surface area contributed by atoms with Crippen LogP contribution < -0.4 is 5.32 Å². The Morgan fingerprint density at radius 2 is 1.86 bits per heavy atom. The lowest BCUT2D eigenvalue weighted by Crippen LogP contribution is -2.26. The van der Waals surface area contributed by atoms with Gasteiger partial charge in [0.25, 0.3) is 0 Å². The minimum absolute atomic E-state index is 0.259. The minimum atomic E-state index is -2.60. The molecule has 0 spiro atoms. The number of pyridine rings is 1. The highest BCUT2D eigenvalue weighted by atomic mass is 19.3. The zero-order valence-corrected chi connectivity index (χ0v) is 19.7. The molecular formula is C26H27F2N7. The van der Waals surface area contributed by atoms with Gasteiger partial charge in [-0.1, -0.05) is 13.8 Å². The molecule has 4 aromatic heterocycles. The van der Waals surface area contributed by atoms with Gasteiger partial charge in [-0.05, 0) is 72.9 Å². The highest BCUT2D eigenvalue weighted by molar-refractivity contribution is 5.69. The Labute approximate surface area is 202 Å². The van der Waals surface area contributed by atoms with Crippen LogP contribution >= 0.6 is 0 Å². The van der Waals surface area contributed by atoms with Crippen LogP contribution in [-0.2, 0) is 0 Å². The van der Waals surface area contributed by atoms with Gasteiger partial charge in [0.2, 0.25) is 0 Å². The second-order valence-corrected chi connectivity index (χ2v) is 9.45. The number of hydrogen-bond acceptors (Lipinski definition) is 5. The van der Waals surface area contributed by atoms with Crippen molar-refractivity contribution >= 4 is 11.2 Å². The monoisotopic (exact) mass is 475 g/mol. The molecular weight excluding hydrogens is 448 g/mol. The van der Waals surface area contributed by atoms with Crippen molar-refractivity contribution < 1.29 is 8.78 Å². The van der Waals surface area contributed by atoms with E-state index in [0.29, 0.717) is 17.5 Å². The molecule has 0 bridgehead atoms. The van der Waals surface area contributed by atoms with E-state index in [1.807, 2.05) is 24.4 Å². The first kappa shape index (κ1) is 23.0. The minimum Gasteiger partial charge on any atom is -0.382 e. The van der Waals surface area contributed by atoms with E-state index in [1.54, 1.807) is 16.9 Å². The van der Waals surface area contributed by atoms with Gasteiger partial charge in [-0.25, -0.2) is 9.20 Å². The van der Waals surface area contributed by atoms with Crippen LogP contribution in [0, 0.1) is 11.3 Å². The van der Waals surface area contributed by atoms with Crippen molar-refractivity contribution in [3.8, 4) is 17.5 Å². The van der Waals surface area contributed by atoms with Crippen LogP contribution in [0.4, 0.5) is 14.5 Å². The summed E-state index contributed by atoms with van der Waals surface area (Å²) < 4.78 is 28.3. The summed E-state index contributed by atoms with van der Waals surface area (Å²) in [5, 5.41) is 21.1. The zero-order valence-electron chi connectivity index (χ0n) is 19.7. The Kier molecular flexibility index (Phi) is 6.20. The van der Waals surface area contributed by atoms with Gasteiger partial charge in [0.15, 0.2) is 0 Å². The third-order valence-electron chi connectivity index (χ3n) is 6.83. The van der Waals surface area contributed by atoms with Crippen LogP contribution in [0.25, 0.3) is 16.9 Å². The zero-order chi connectivity index (χ0) is 24.5. The van der Waals surface area contributed by atoms with Crippen molar-refractivity contribution in [2.45, 2.75) is 64.0 Å². The van der Waals surface area contributed by atoms with Crippen molar-refractivity contribution in [1.82, 2.24) is 24.4 Å². The number of alkyl halides is 2. The third kappa shape index (κ3) is 4.61. The molecule has 4 aromatic rings. The highest BCUT2D eigenvalue weighted by Crippen LogP contribution is 2.36. The average Bonchev–Trinajstić information content (AvgIpc) is 3.52. The number of nitrogens with zero attached hydrogens (tertiary/aromatic N) is 6. The fourth-order valence-corrected chi connectivity index (χ4v) is 4.91. The van der Waals surface area contributed by atoms with E-state index in [1.165, 1.54) is 6.20 Å². The van der Waals surface area contributed by atoms with Crippen molar-refractivity contribution in [1.29, 1.82) is 5.26 Å². The van der Waals surface area contributed by atoms with Gasteiger partial charge >= 0.3 is 6.55 Å². The molecule has 5 rings (SSSR count). The second kappa shape index (κ2) is 9.45. The van der Waals surface area contributed by atoms with Crippen molar-refractivity contribution in [3.05, 3.63) is 65.7 Å². The molecule has 1 aliphatic rings. The number of nitrogens with one attached hydrogen (secondary N) is 1. The molecule has 4 heterocycles. The molecule has 1 fully saturated rings. The molecule has 0 aliphatic heterocycles. The SMILES string of the molecule is CC(C)c1cnc(-c2ccc3cc(C#N)cnn23)cc1NC1CCC(c2cnn(C(F)F)c2)CC1. The van der Waals surface area contributed by atoms with Crippen LogP contribution in [-0.4, -0.2) is 30.4 Å². The smallest absolute Gasteiger partial charge is 0.333 e. The van der Waals surface area contributed by atoms with Gasteiger partial charge in [0.1, 0.15) is 6.07 Å². The summed E-state index contributed by atoms with van der Waals surface area (Å²) in [7, 11) is 0. The summed E-state index contributed by atoms with van der Waals surface area (Å²) in [5.41, 5.74) is 6.13. The van der Waals surface area contributed by atoms with E-state index in [4.69, 9.17) is 10.2 Å². The molecule has 1 N–H and O–H groups in total. The molecule has 35 heavy (non-hydrogen) atoms. The topological polar surface area (TPSA) is 83.8 Å². The fraction of sp³-hybridized carbons (Fsp3) is 0.385. The summed E-state index contributed by atoms with van der Waals surface area (Å²) in [5.74, 6) is 0.561. The Bertz CT molecular complexity index is 1370. The molecule has 180 valence electrons. The third-order valence-corrected chi connectivity index (χ3v) is 6.83. The molecule has 0 saturated heterocycles. The van der Waals surface area contributed by atoms with Crippen LogP contribution in [0.2, 0.25) is 0 Å². The van der Waals surface area contributed by atoms with E-state index < -0.39 is 6.55 Å². The maximum atomic E-state index is 12.9. The Balaban J connectivity index is 1.35. The molecule has 0 radical (unpaired) electrons. The molecule has 1 aliphatic carbocycles. The van der Waals surface area contributed by atoms with Gasteiger partial charge in [0, 0.05) is 24.1 Å². The summed E-state index contributed by atoms with van der Waals surface area (Å²) >= 11 is 0. The first-order valence-corrected chi connectivity index (χ1v) is 11.9. The van der Waals surface area contributed by atoms with Crippen molar-refractivity contribution in [3.63, 3.8) is 0 Å². The van der Waals surface area contributed by atoms with Gasteiger partial charge in [-0.2, -0.15) is 24.2 Å². The predicted octanol–water partition coefficient (Wildman–Crippen LogP) is 6.12. The van der Waals surface area contributed by atoms with Crippen LogP contribution in [0.5, 0.6) is 0 Å². The lowest BCUT2D eigenvalue weighted by Gasteiger charge is -2.30. The highest BCUT2D eigenvalue weighted by Gasteiger charge is 2.25. The summed E-state index contributed by atoms with van der Waals surface area (Å²) in [6, 6.07) is 10.2. The van der Waals surface area contributed by atoms with Gasteiger partial charge in [-0.15, -0.1) is 0 Å². The van der Waals surface area contributed by atoms with E-state index in [0.717, 1.165) is 64.1 Å². The molecule has 1 saturated carbocycles. The van der Waals surface area contributed by atoms with E-state index >= 15 is 0 Å². The summed E-state index contributed by atoms with van der Waals surface area (Å²) in [4.78, 5) is 4.72. The van der Waals surface area contributed by atoms with E-state index in [2.05, 4.69) is 41.5 Å². The standard InChI is InChI=1S/C26H27F2N7/c1-16(2)22-14-30-24(25-8-7-21-9-17(11-29)12-32-35(21)25)10-23(22)33-20-5-3-18(4-6-20)19-13-31-34(15-19)26(27)28/h7-10,12-16,18,20,26H,3-6H2,1-2H3,(H,30,33). The number of fused-ring (bicyclic) bond motifs is 1. The van der Waals surface area contributed by atoms with Crippen LogP contribution in [0.15, 0.2) is 49.1 Å². The molecule has 0 aromatic carbocycles. The lowest BCUT2D eigenvalue weighted by atomic mass is 9.82. The number of anilines is 1. The summed E-state index contributed by atoms with van der Waals surface area (Å²) in [6.07, 6.45) is 10.3. The number of halogens is 2. The van der Waals surface area contributed by atoms with Crippen LogP contribution in [0.3, 0.4) is 0 Å². The average molecular weight is 476 g/mol. The fourth-order valence-electron chi connectivity index (χ4n) is 4.91. The Morgan fingerprint density at radius 3 is 2.54 bits per heavy atom. The van der Waals surface area contributed by atoms with Crippen LogP contribution in [0.1, 0.15) is 74.6 Å². The first-order chi connectivity index (χ1) is 16.9. The maximum absolute atomic E-state index is 12.9. The van der Waals surface area contributed by atoms with E-state index in [9.17, 15) is 8.78 Å². The van der Waals surface area contributed by atoms with Gasteiger partial charge < -0.3 is 5.32 Å². The first-order valence-electron chi connectivity index (χ1n) is 11.9. The number of aromatic nitrogens is 5. The Morgan fingerprint density at radius 1 is 1.06 bits per heavy atom. The second-order valence-electron chi connectivity index (χ2n) is 9.45. The summed E-state index contributed by atoms with van der Waals surface area (Å²) in [6.45, 7) is 1.70.